The smallest absolute Gasteiger partial charge is 0.262 e. The van der Waals surface area contributed by atoms with Gasteiger partial charge < -0.3 is 10.1 Å². The fourth-order valence-electron chi connectivity index (χ4n) is 1.55. The highest BCUT2D eigenvalue weighted by Crippen LogP contribution is 2.37. The molecule has 1 aliphatic rings. The van der Waals surface area contributed by atoms with E-state index < -0.39 is 0 Å². The van der Waals surface area contributed by atoms with Crippen molar-refractivity contribution in [3.63, 3.8) is 0 Å². The van der Waals surface area contributed by atoms with E-state index in [1.165, 1.54) is 0 Å². The third-order valence-corrected chi connectivity index (χ3v) is 2.33. The van der Waals surface area contributed by atoms with Crippen LogP contribution < -0.4 is 10.1 Å². The summed E-state index contributed by atoms with van der Waals surface area (Å²) in [5, 5.41) is 2.75. The Morgan fingerprint density at radius 3 is 2.80 bits per heavy atom. The Morgan fingerprint density at radius 1 is 1.40 bits per heavy atom. The Labute approximate surface area is 88.7 Å². The molecule has 0 bridgehead atoms. The maximum Gasteiger partial charge on any atom is 0.262 e. The maximum absolute atomic E-state index is 11.1. The molecule has 1 amide bonds. The van der Waals surface area contributed by atoms with Crippen LogP contribution in [0.15, 0.2) is 12.4 Å². The molecule has 15 heavy (non-hydrogen) atoms. The fraction of sp³-hybridized carbons (Fsp3) is 0.455. The lowest BCUT2D eigenvalue weighted by molar-refractivity contribution is -0.118. The van der Waals surface area contributed by atoms with Gasteiger partial charge in [0.1, 0.15) is 11.4 Å². The normalized spacial score (nSPS) is 15.3. The van der Waals surface area contributed by atoms with Gasteiger partial charge in [-0.25, -0.2) is 0 Å². The van der Waals surface area contributed by atoms with Gasteiger partial charge in [0, 0.05) is 11.8 Å². The molecular weight excluding hydrogens is 192 g/mol. The Bertz CT molecular complexity index is 408. The number of rotatable bonds is 0. The van der Waals surface area contributed by atoms with Gasteiger partial charge in [0.2, 0.25) is 0 Å². The second-order valence-electron chi connectivity index (χ2n) is 4.65. The second kappa shape index (κ2) is 3.22. The highest BCUT2D eigenvalue weighted by Gasteiger charge is 2.25. The Balaban J connectivity index is 2.51. The number of aromatic nitrogens is 1. The minimum Gasteiger partial charge on any atom is -0.481 e. The van der Waals surface area contributed by atoms with Crippen LogP contribution in [0.1, 0.15) is 26.3 Å². The lowest BCUT2D eigenvalue weighted by Crippen LogP contribution is -2.28. The van der Waals surface area contributed by atoms with Crippen molar-refractivity contribution in [2.24, 2.45) is 0 Å². The van der Waals surface area contributed by atoms with Crippen LogP contribution in [0.2, 0.25) is 0 Å². The molecule has 1 aliphatic heterocycles. The van der Waals surface area contributed by atoms with Crippen LogP contribution in [0, 0.1) is 0 Å². The van der Waals surface area contributed by atoms with Crippen LogP contribution in [0.3, 0.4) is 0 Å². The number of carbonyl (C=O) groups is 1. The molecule has 80 valence electrons. The van der Waals surface area contributed by atoms with E-state index in [2.05, 4.69) is 31.1 Å². The molecule has 0 atom stereocenters. The molecule has 0 radical (unpaired) electrons. The Morgan fingerprint density at radius 2 is 2.13 bits per heavy atom. The summed E-state index contributed by atoms with van der Waals surface area (Å²) >= 11 is 0. The van der Waals surface area contributed by atoms with Gasteiger partial charge in [-0.3, -0.25) is 9.78 Å². The molecule has 4 heteroatoms. The van der Waals surface area contributed by atoms with Gasteiger partial charge in [-0.1, -0.05) is 20.8 Å². The average Bonchev–Trinajstić information content (AvgIpc) is 2.15. The molecule has 2 rings (SSSR count). The van der Waals surface area contributed by atoms with Gasteiger partial charge in [0.15, 0.2) is 6.61 Å². The largest absolute Gasteiger partial charge is 0.481 e. The van der Waals surface area contributed by atoms with Gasteiger partial charge in [0.05, 0.1) is 6.20 Å². The van der Waals surface area contributed by atoms with E-state index in [4.69, 9.17) is 4.74 Å². The quantitative estimate of drug-likeness (QED) is 0.703. The molecule has 0 aliphatic carbocycles. The van der Waals surface area contributed by atoms with E-state index in [0.29, 0.717) is 5.69 Å². The molecule has 2 heterocycles. The van der Waals surface area contributed by atoms with Crippen molar-refractivity contribution in [2.45, 2.75) is 26.2 Å². The van der Waals surface area contributed by atoms with E-state index in [0.717, 1.165) is 11.3 Å². The van der Waals surface area contributed by atoms with Crippen LogP contribution in [0.5, 0.6) is 5.75 Å². The third kappa shape index (κ3) is 1.79. The van der Waals surface area contributed by atoms with Crippen LogP contribution in [-0.4, -0.2) is 17.5 Å². The molecule has 1 aromatic heterocycles. The summed E-state index contributed by atoms with van der Waals surface area (Å²) in [6, 6.07) is 0. The zero-order valence-corrected chi connectivity index (χ0v) is 9.13. The molecule has 4 nitrogen and oxygen atoms in total. The van der Waals surface area contributed by atoms with Crippen LogP contribution >= 0.6 is 0 Å². The molecule has 0 fully saturated rings. The first-order valence-corrected chi connectivity index (χ1v) is 4.89. The van der Waals surface area contributed by atoms with Gasteiger partial charge >= 0.3 is 0 Å². The van der Waals surface area contributed by atoms with Gasteiger partial charge in [-0.2, -0.15) is 0 Å². The summed E-state index contributed by atoms with van der Waals surface area (Å²) in [7, 11) is 0. The minimum atomic E-state index is -0.129. The molecule has 1 aromatic rings. The number of amides is 1. The maximum atomic E-state index is 11.1. The van der Waals surface area contributed by atoms with Crippen molar-refractivity contribution in [1.82, 2.24) is 4.98 Å². The highest BCUT2D eigenvalue weighted by molar-refractivity contribution is 5.95. The number of anilines is 1. The van der Waals surface area contributed by atoms with E-state index in [1.54, 1.807) is 12.4 Å². The summed E-state index contributed by atoms with van der Waals surface area (Å²) in [6.45, 7) is 6.35. The predicted molar refractivity (Wildman–Crippen MR) is 57.1 cm³/mol. The van der Waals surface area contributed by atoms with Crippen molar-refractivity contribution >= 4 is 11.6 Å². The summed E-state index contributed by atoms with van der Waals surface area (Å²) in [5.74, 6) is 0.618. The van der Waals surface area contributed by atoms with Crippen LogP contribution in [0.25, 0.3) is 0 Å². The molecular formula is C11H14N2O2. The van der Waals surface area contributed by atoms with Crippen LogP contribution in [0.4, 0.5) is 5.69 Å². The lowest BCUT2D eigenvalue weighted by Gasteiger charge is -2.26. The Hall–Kier alpha value is -1.58. The third-order valence-electron chi connectivity index (χ3n) is 2.33. The predicted octanol–water partition coefficient (Wildman–Crippen LogP) is 1.71. The summed E-state index contributed by atoms with van der Waals surface area (Å²) in [4.78, 5) is 15.2. The number of nitrogens with zero attached hydrogens (tertiary/aromatic N) is 1. The first-order chi connectivity index (χ1) is 6.98. The SMILES string of the molecule is CC(C)(C)c1cncc2c1OCC(=O)N2. The van der Waals surface area contributed by atoms with Crippen molar-refractivity contribution in [1.29, 1.82) is 0 Å². The number of carbonyl (C=O) groups excluding carboxylic acids is 1. The standard InChI is InChI=1S/C11H14N2O2/c1-11(2,3)7-4-12-5-8-10(7)15-6-9(14)13-8/h4-5H,6H2,1-3H3,(H,13,14). The first-order valence-electron chi connectivity index (χ1n) is 4.89. The fourth-order valence-corrected chi connectivity index (χ4v) is 1.55. The zero-order chi connectivity index (χ0) is 11.1. The van der Waals surface area contributed by atoms with Crippen molar-refractivity contribution in [3.8, 4) is 5.75 Å². The van der Waals surface area contributed by atoms with Crippen molar-refractivity contribution < 1.29 is 9.53 Å². The van der Waals surface area contributed by atoms with Crippen LogP contribution in [-0.2, 0) is 10.2 Å². The number of fused-ring (bicyclic) bond motifs is 1. The Kier molecular flexibility index (Phi) is 2.14. The summed E-state index contributed by atoms with van der Waals surface area (Å²) in [6.07, 6.45) is 3.40. The number of ether oxygens (including phenoxy) is 1. The van der Waals surface area contributed by atoms with Gasteiger partial charge in [-0.15, -0.1) is 0 Å². The topological polar surface area (TPSA) is 51.2 Å². The van der Waals surface area contributed by atoms with E-state index in [-0.39, 0.29) is 17.9 Å². The van der Waals surface area contributed by atoms with E-state index >= 15 is 0 Å². The van der Waals surface area contributed by atoms with Gasteiger partial charge in [0.25, 0.3) is 5.91 Å². The first kappa shape index (κ1) is 9.96. The van der Waals surface area contributed by atoms with E-state index in [1.807, 2.05) is 0 Å². The molecule has 0 aromatic carbocycles. The monoisotopic (exact) mass is 206 g/mol. The van der Waals surface area contributed by atoms with E-state index in [9.17, 15) is 4.79 Å². The van der Waals surface area contributed by atoms with Crippen molar-refractivity contribution in [2.75, 3.05) is 11.9 Å². The number of hydrogen-bond donors (Lipinski definition) is 1. The summed E-state index contributed by atoms with van der Waals surface area (Å²) in [5.41, 5.74) is 1.64. The summed E-state index contributed by atoms with van der Waals surface area (Å²) < 4.78 is 5.44. The zero-order valence-electron chi connectivity index (χ0n) is 9.13. The molecule has 0 unspecified atom stereocenters. The number of hydrogen-bond acceptors (Lipinski definition) is 3. The van der Waals surface area contributed by atoms with Gasteiger partial charge in [-0.05, 0) is 5.41 Å². The second-order valence-corrected chi connectivity index (χ2v) is 4.65. The molecule has 0 saturated carbocycles. The van der Waals surface area contributed by atoms with Crippen molar-refractivity contribution in [3.05, 3.63) is 18.0 Å². The highest BCUT2D eigenvalue weighted by atomic mass is 16.5. The molecule has 1 N–H and O–H groups in total. The molecule has 0 saturated heterocycles. The number of nitrogens with one attached hydrogen (secondary N) is 1. The average molecular weight is 206 g/mol. The number of pyridine rings is 1. The minimum absolute atomic E-state index is 0.0413. The molecule has 0 spiro atoms. The lowest BCUT2D eigenvalue weighted by atomic mass is 9.87.